The first-order valence-corrected chi connectivity index (χ1v) is 14.8. The van der Waals surface area contributed by atoms with Gasteiger partial charge in [0.2, 0.25) is 5.82 Å². The van der Waals surface area contributed by atoms with E-state index in [9.17, 15) is 4.79 Å². The number of nitrogens with zero attached hydrogens (tertiary/aromatic N) is 6. The predicted octanol–water partition coefficient (Wildman–Crippen LogP) is 3.61. The van der Waals surface area contributed by atoms with Crippen molar-refractivity contribution in [3.8, 4) is 11.5 Å². The Morgan fingerprint density at radius 1 is 1.29 bits per heavy atom. The Morgan fingerprint density at radius 2 is 2.09 bits per heavy atom. The zero-order valence-corrected chi connectivity index (χ0v) is 22.3. The van der Waals surface area contributed by atoms with Crippen LogP contribution in [-0.4, -0.2) is 57.6 Å². The summed E-state index contributed by atoms with van der Waals surface area (Å²) in [6.07, 6.45) is 2.71. The number of anilines is 1. The molecule has 10 nitrogen and oxygen atoms in total. The molecule has 0 aromatic carbocycles. The van der Waals surface area contributed by atoms with Crippen molar-refractivity contribution in [1.29, 1.82) is 0 Å². The smallest absolute Gasteiger partial charge is 0.275 e. The van der Waals surface area contributed by atoms with Gasteiger partial charge >= 0.3 is 0 Å². The van der Waals surface area contributed by atoms with Crippen molar-refractivity contribution in [3.05, 3.63) is 47.3 Å². The highest BCUT2D eigenvalue weighted by atomic mass is 28.4. The first kappa shape index (κ1) is 25.1. The van der Waals surface area contributed by atoms with Gasteiger partial charge in [-0.05, 0) is 77.8 Å². The van der Waals surface area contributed by atoms with E-state index in [1.807, 2.05) is 25.1 Å². The van der Waals surface area contributed by atoms with Gasteiger partial charge in [0, 0.05) is 12.7 Å². The minimum atomic E-state index is -1.90. The summed E-state index contributed by atoms with van der Waals surface area (Å²) in [6, 6.07) is 7.13. The van der Waals surface area contributed by atoms with Gasteiger partial charge in [0.15, 0.2) is 8.32 Å². The van der Waals surface area contributed by atoms with Crippen LogP contribution >= 0.6 is 0 Å². The van der Waals surface area contributed by atoms with E-state index in [1.54, 1.807) is 16.9 Å². The molecule has 3 aromatic rings. The average Bonchev–Trinajstić information content (AvgIpc) is 3.32. The monoisotopic (exact) mass is 494 g/mol. The molecule has 0 saturated carbocycles. The number of pyridine rings is 2. The molecule has 0 bridgehead atoms. The van der Waals surface area contributed by atoms with Crippen LogP contribution in [0.4, 0.5) is 5.82 Å². The fourth-order valence-electron chi connectivity index (χ4n) is 3.57. The molecule has 0 saturated heterocycles. The third kappa shape index (κ3) is 5.63. The van der Waals surface area contributed by atoms with E-state index >= 15 is 0 Å². The van der Waals surface area contributed by atoms with Crippen molar-refractivity contribution in [1.82, 2.24) is 35.5 Å². The molecule has 2 N–H and O–H groups in total. The first-order valence-electron chi connectivity index (χ1n) is 11.9. The molecule has 1 amide bonds. The summed E-state index contributed by atoms with van der Waals surface area (Å²) in [5.41, 5.74) is 3.21. The Bertz CT molecular complexity index is 1200. The maximum absolute atomic E-state index is 12.8. The van der Waals surface area contributed by atoms with Crippen LogP contribution < -0.4 is 10.6 Å². The lowest BCUT2D eigenvalue weighted by Crippen LogP contribution is -2.42. The number of hydrogen-bond acceptors (Lipinski definition) is 8. The van der Waals surface area contributed by atoms with Crippen molar-refractivity contribution in [2.45, 2.75) is 64.8 Å². The Balaban J connectivity index is 1.48. The molecule has 0 fully saturated rings. The minimum Gasteiger partial charge on any atom is -0.415 e. The molecular weight excluding hydrogens is 460 g/mol. The Kier molecular flexibility index (Phi) is 7.11. The van der Waals surface area contributed by atoms with Crippen molar-refractivity contribution in [3.63, 3.8) is 0 Å². The second kappa shape index (κ2) is 9.92. The molecule has 186 valence electrons. The molecule has 3 aromatic heterocycles. The van der Waals surface area contributed by atoms with E-state index in [4.69, 9.17) is 4.43 Å². The number of fused-ring (bicyclic) bond motifs is 1. The van der Waals surface area contributed by atoms with Crippen molar-refractivity contribution in [2.24, 2.45) is 0 Å². The van der Waals surface area contributed by atoms with Gasteiger partial charge < -0.3 is 15.1 Å². The molecule has 35 heavy (non-hydrogen) atoms. The highest BCUT2D eigenvalue weighted by molar-refractivity contribution is 6.74. The molecule has 0 radical (unpaired) electrons. The SMILES string of the molecule is C[C@H](CO[Si](C)(C)C(C)(C)C)n1nnnc1-c1cccc(NC(=O)c2cc3c(cn2)CCNC3)n1. The molecular formula is C24H34N8O2Si. The summed E-state index contributed by atoms with van der Waals surface area (Å²) in [4.78, 5) is 21.8. The Morgan fingerprint density at radius 3 is 2.86 bits per heavy atom. The zero-order valence-electron chi connectivity index (χ0n) is 21.3. The third-order valence-corrected chi connectivity index (χ3v) is 11.3. The number of carbonyl (C=O) groups is 1. The average molecular weight is 495 g/mol. The summed E-state index contributed by atoms with van der Waals surface area (Å²) in [7, 11) is -1.90. The van der Waals surface area contributed by atoms with E-state index in [0.29, 0.717) is 29.6 Å². The van der Waals surface area contributed by atoms with Gasteiger partial charge in [-0.25, -0.2) is 9.67 Å². The predicted molar refractivity (Wildman–Crippen MR) is 137 cm³/mol. The lowest BCUT2D eigenvalue weighted by Gasteiger charge is -2.36. The van der Waals surface area contributed by atoms with Crippen LogP contribution in [0, 0.1) is 0 Å². The van der Waals surface area contributed by atoms with Gasteiger partial charge in [0.25, 0.3) is 5.91 Å². The van der Waals surface area contributed by atoms with Crippen LogP contribution in [0.3, 0.4) is 0 Å². The molecule has 0 spiro atoms. The molecule has 11 heteroatoms. The molecule has 0 unspecified atom stereocenters. The molecule has 0 aliphatic carbocycles. The number of carbonyl (C=O) groups excluding carboxylic acids is 1. The van der Waals surface area contributed by atoms with Gasteiger partial charge in [-0.1, -0.05) is 26.8 Å². The molecule has 1 atom stereocenters. The molecule has 4 heterocycles. The van der Waals surface area contributed by atoms with Crippen LogP contribution in [-0.2, 0) is 17.4 Å². The first-order chi connectivity index (χ1) is 16.5. The second-order valence-electron chi connectivity index (χ2n) is 10.5. The summed E-state index contributed by atoms with van der Waals surface area (Å²) < 4.78 is 8.09. The van der Waals surface area contributed by atoms with Gasteiger partial charge in [-0.3, -0.25) is 9.78 Å². The Hall–Kier alpha value is -3.02. The Labute approximate surface area is 207 Å². The van der Waals surface area contributed by atoms with E-state index in [1.165, 1.54) is 5.56 Å². The summed E-state index contributed by atoms with van der Waals surface area (Å²) in [5, 5.41) is 18.5. The fraction of sp³-hybridized carbons (Fsp3) is 0.500. The molecule has 1 aliphatic rings. The van der Waals surface area contributed by atoms with E-state index in [-0.39, 0.29) is 17.0 Å². The number of rotatable bonds is 7. The highest BCUT2D eigenvalue weighted by Crippen LogP contribution is 2.37. The number of aromatic nitrogens is 6. The number of amides is 1. The topological polar surface area (TPSA) is 120 Å². The van der Waals surface area contributed by atoms with Gasteiger partial charge in [0.05, 0.1) is 12.6 Å². The highest BCUT2D eigenvalue weighted by Gasteiger charge is 2.37. The summed E-state index contributed by atoms with van der Waals surface area (Å²) >= 11 is 0. The van der Waals surface area contributed by atoms with Gasteiger partial charge in [-0.2, -0.15) is 0 Å². The van der Waals surface area contributed by atoms with Crippen molar-refractivity contribution in [2.75, 3.05) is 18.5 Å². The van der Waals surface area contributed by atoms with Crippen molar-refractivity contribution < 1.29 is 9.22 Å². The second-order valence-corrected chi connectivity index (χ2v) is 15.3. The van der Waals surface area contributed by atoms with E-state index in [2.05, 4.69) is 70.0 Å². The fourth-order valence-corrected chi connectivity index (χ4v) is 4.66. The third-order valence-electron chi connectivity index (χ3n) is 6.82. The lowest BCUT2D eigenvalue weighted by atomic mass is 10.0. The number of hydrogen-bond donors (Lipinski definition) is 2. The maximum Gasteiger partial charge on any atom is 0.275 e. The number of nitrogens with one attached hydrogen (secondary N) is 2. The van der Waals surface area contributed by atoms with E-state index in [0.717, 1.165) is 25.1 Å². The van der Waals surface area contributed by atoms with E-state index < -0.39 is 8.32 Å². The molecule has 4 rings (SSSR count). The normalized spacial score (nSPS) is 14.9. The van der Waals surface area contributed by atoms with Crippen LogP contribution in [0.2, 0.25) is 18.1 Å². The van der Waals surface area contributed by atoms with Crippen molar-refractivity contribution >= 4 is 20.0 Å². The number of tetrazole rings is 1. The van der Waals surface area contributed by atoms with Crippen LogP contribution in [0.25, 0.3) is 11.5 Å². The van der Waals surface area contributed by atoms with Gasteiger partial charge in [0.1, 0.15) is 17.2 Å². The lowest BCUT2D eigenvalue weighted by molar-refractivity contribution is 0.102. The molecule has 1 aliphatic heterocycles. The van der Waals surface area contributed by atoms with Gasteiger partial charge in [-0.15, -0.1) is 5.10 Å². The zero-order chi connectivity index (χ0) is 25.2. The standard InChI is InChI=1S/C24H34N8O2Si/c1-16(15-34-35(5,6)24(2,3)4)32-22(29-30-31-32)19-8-7-9-21(27-19)28-23(33)20-12-18-13-25-11-10-17(18)14-26-20/h7-9,12,14,16,25H,10-11,13,15H2,1-6H3,(H,27,28,33)/t16-/m1/s1. The maximum atomic E-state index is 12.8. The minimum absolute atomic E-state index is 0.0810. The van der Waals surface area contributed by atoms with Crippen LogP contribution in [0.15, 0.2) is 30.5 Å². The quantitative estimate of drug-likeness (QED) is 0.478. The van der Waals surface area contributed by atoms with Crippen LogP contribution in [0.5, 0.6) is 0 Å². The largest absolute Gasteiger partial charge is 0.415 e. The summed E-state index contributed by atoms with van der Waals surface area (Å²) in [5.74, 6) is 0.619. The van der Waals surface area contributed by atoms with Crippen LogP contribution in [0.1, 0.15) is 55.4 Å². The summed E-state index contributed by atoms with van der Waals surface area (Å²) in [6.45, 7) is 15.3.